The summed E-state index contributed by atoms with van der Waals surface area (Å²) in [6.45, 7) is 6.87. The van der Waals surface area contributed by atoms with E-state index in [1.807, 2.05) is 43.8 Å². The van der Waals surface area contributed by atoms with Gasteiger partial charge in [-0.05, 0) is 57.4 Å². The van der Waals surface area contributed by atoms with Crippen LogP contribution in [-0.4, -0.2) is 39.5 Å². The van der Waals surface area contributed by atoms with E-state index in [1.165, 1.54) is 17.8 Å². The van der Waals surface area contributed by atoms with Gasteiger partial charge in [-0.3, -0.25) is 4.68 Å². The first-order chi connectivity index (χ1) is 13.7. The molecule has 0 bridgehead atoms. The summed E-state index contributed by atoms with van der Waals surface area (Å²) in [6.07, 6.45) is 3.30. The molecule has 0 atom stereocenters. The van der Waals surface area contributed by atoms with E-state index in [0.717, 1.165) is 17.9 Å². The summed E-state index contributed by atoms with van der Waals surface area (Å²) in [4.78, 5) is 13.9. The number of nitriles is 1. The van der Waals surface area contributed by atoms with Gasteiger partial charge in [0.2, 0.25) is 0 Å². The first-order valence-electron chi connectivity index (χ1n) is 9.59. The maximum atomic E-state index is 14.0. The Morgan fingerprint density at radius 3 is 2.69 bits per heavy atom. The molecule has 1 aromatic heterocycles. The molecule has 0 spiro atoms. The van der Waals surface area contributed by atoms with Gasteiger partial charge in [0.1, 0.15) is 16.4 Å². The summed E-state index contributed by atoms with van der Waals surface area (Å²) < 4.78 is 21.4. The minimum Gasteiger partial charge on any atom is -0.444 e. The molecule has 3 rings (SSSR count). The molecular weight excluding hydrogens is 391 g/mol. The Balaban J connectivity index is 1.52. The molecule has 8 heteroatoms. The van der Waals surface area contributed by atoms with Gasteiger partial charge in [0, 0.05) is 25.0 Å². The highest BCUT2D eigenvalue weighted by molar-refractivity contribution is 7.98. The molecule has 1 saturated heterocycles. The summed E-state index contributed by atoms with van der Waals surface area (Å²) in [5, 5.41) is 14.3. The molecule has 0 aliphatic carbocycles. The lowest BCUT2D eigenvalue weighted by atomic mass is 10.1. The second kappa shape index (κ2) is 8.87. The third-order valence-electron chi connectivity index (χ3n) is 4.63. The summed E-state index contributed by atoms with van der Waals surface area (Å²) in [5.74, 6) is 0.0801. The van der Waals surface area contributed by atoms with Gasteiger partial charge in [0.15, 0.2) is 0 Å². The average Bonchev–Trinajstić information content (AvgIpc) is 3.15. The second-order valence-corrected chi connectivity index (χ2v) is 9.03. The van der Waals surface area contributed by atoms with Crippen LogP contribution in [-0.2, 0) is 10.5 Å². The lowest BCUT2D eigenvalue weighted by Gasteiger charge is -2.33. The topological polar surface area (TPSA) is 71.2 Å². The smallest absolute Gasteiger partial charge is 0.410 e. The van der Waals surface area contributed by atoms with Gasteiger partial charge in [-0.25, -0.2) is 9.18 Å². The number of benzene rings is 1. The van der Waals surface area contributed by atoms with Crippen molar-refractivity contribution in [2.45, 2.75) is 56.0 Å². The van der Waals surface area contributed by atoms with Gasteiger partial charge in [0.25, 0.3) is 0 Å². The molecule has 1 fully saturated rings. The number of carbonyl (C=O) groups is 1. The monoisotopic (exact) mass is 416 g/mol. The van der Waals surface area contributed by atoms with Crippen LogP contribution in [0.2, 0.25) is 0 Å². The quantitative estimate of drug-likeness (QED) is 0.672. The number of thioether (sulfide) groups is 1. The fourth-order valence-electron chi connectivity index (χ4n) is 3.13. The molecule has 2 heterocycles. The molecule has 29 heavy (non-hydrogen) atoms. The molecule has 1 aliphatic rings. The minimum atomic E-state index is -0.490. The fourth-order valence-corrected chi connectivity index (χ4v) is 3.97. The molecule has 0 N–H and O–H groups in total. The van der Waals surface area contributed by atoms with Crippen molar-refractivity contribution in [1.82, 2.24) is 14.7 Å². The van der Waals surface area contributed by atoms with Gasteiger partial charge in [-0.1, -0.05) is 17.8 Å². The summed E-state index contributed by atoms with van der Waals surface area (Å²) >= 11 is 1.46. The summed E-state index contributed by atoms with van der Waals surface area (Å²) in [6, 6.07) is 8.61. The van der Waals surface area contributed by atoms with Crippen molar-refractivity contribution in [3.63, 3.8) is 0 Å². The number of carbonyl (C=O) groups excluding carboxylic acids is 1. The first kappa shape index (κ1) is 21.2. The van der Waals surface area contributed by atoms with Crippen LogP contribution in [0.15, 0.2) is 35.5 Å². The van der Waals surface area contributed by atoms with Gasteiger partial charge in [-0.2, -0.15) is 10.4 Å². The second-order valence-electron chi connectivity index (χ2n) is 8.04. The highest BCUT2D eigenvalue weighted by Gasteiger charge is 2.27. The zero-order valence-corrected chi connectivity index (χ0v) is 17.7. The Morgan fingerprint density at radius 1 is 1.34 bits per heavy atom. The van der Waals surface area contributed by atoms with Crippen molar-refractivity contribution in [1.29, 1.82) is 5.26 Å². The van der Waals surface area contributed by atoms with Crippen molar-refractivity contribution in [2.24, 2.45) is 0 Å². The number of hydrogen-bond donors (Lipinski definition) is 0. The lowest BCUT2D eigenvalue weighted by Crippen LogP contribution is -2.42. The standard InChI is InChI=1S/C21H25FN4O2S/c1-21(2,3)28-20(27)25-9-6-17(7-10-25)26-11-8-19(24-26)29-14-16-5-4-15(13-23)12-18(16)22/h4-5,8,11-12,17H,6-7,9-10,14H2,1-3H3. The number of nitrogens with zero attached hydrogens (tertiary/aromatic N) is 4. The van der Waals surface area contributed by atoms with E-state index in [0.29, 0.717) is 30.0 Å². The fraction of sp³-hybridized carbons (Fsp3) is 0.476. The van der Waals surface area contributed by atoms with Gasteiger partial charge >= 0.3 is 6.09 Å². The predicted molar refractivity (Wildman–Crippen MR) is 109 cm³/mol. The first-order valence-corrected chi connectivity index (χ1v) is 10.6. The molecule has 2 aromatic rings. The molecule has 154 valence electrons. The van der Waals surface area contributed by atoms with Crippen LogP contribution >= 0.6 is 11.8 Å². The van der Waals surface area contributed by atoms with Crippen LogP contribution in [0.5, 0.6) is 0 Å². The van der Waals surface area contributed by atoms with E-state index < -0.39 is 5.60 Å². The normalized spacial score (nSPS) is 15.2. The molecule has 6 nitrogen and oxygen atoms in total. The number of ether oxygens (including phenoxy) is 1. The molecule has 0 radical (unpaired) electrons. The highest BCUT2D eigenvalue weighted by atomic mass is 32.2. The number of rotatable bonds is 4. The van der Waals surface area contributed by atoms with E-state index >= 15 is 0 Å². The zero-order chi connectivity index (χ0) is 21.0. The van der Waals surface area contributed by atoms with Crippen molar-refractivity contribution in [3.05, 3.63) is 47.4 Å². The van der Waals surface area contributed by atoms with E-state index in [-0.39, 0.29) is 18.0 Å². The number of aromatic nitrogens is 2. The predicted octanol–water partition coefficient (Wildman–Crippen LogP) is 4.76. The van der Waals surface area contributed by atoms with E-state index in [4.69, 9.17) is 10.00 Å². The lowest BCUT2D eigenvalue weighted by molar-refractivity contribution is 0.0184. The molecule has 1 amide bonds. The number of likely N-dealkylation sites (tertiary alicyclic amines) is 1. The van der Waals surface area contributed by atoms with Gasteiger partial charge in [0.05, 0.1) is 17.7 Å². The van der Waals surface area contributed by atoms with E-state index in [2.05, 4.69) is 5.10 Å². The van der Waals surface area contributed by atoms with Crippen LogP contribution in [0.25, 0.3) is 0 Å². The van der Waals surface area contributed by atoms with Crippen molar-refractivity contribution < 1.29 is 13.9 Å². The third kappa shape index (κ3) is 5.73. The molecule has 0 unspecified atom stereocenters. The molecule has 1 aromatic carbocycles. The number of halogens is 1. The largest absolute Gasteiger partial charge is 0.444 e. The van der Waals surface area contributed by atoms with Gasteiger partial charge in [-0.15, -0.1) is 0 Å². The van der Waals surface area contributed by atoms with Crippen LogP contribution in [0, 0.1) is 17.1 Å². The number of piperidine rings is 1. The van der Waals surface area contributed by atoms with Crippen LogP contribution < -0.4 is 0 Å². The van der Waals surface area contributed by atoms with Crippen LogP contribution in [0.1, 0.15) is 50.8 Å². The van der Waals surface area contributed by atoms with Crippen LogP contribution in [0.3, 0.4) is 0 Å². The summed E-state index contributed by atoms with van der Waals surface area (Å²) in [7, 11) is 0. The Bertz CT molecular complexity index is 908. The van der Waals surface area contributed by atoms with Crippen LogP contribution in [0.4, 0.5) is 9.18 Å². The minimum absolute atomic E-state index is 0.231. The Morgan fingerprint density at radius 2 is 2.07 bits per heavy atom. The zero-order valence-electron chi connectivity index (χ0n) is 16.9. The Hall–Kier alpha value is -2.53. The van der Waals surface area contributed by atoms with E-state index in [9.17, 15) is 9.18 Å². The van der Waals surface area contributed by atoms with E-state index in [1.54, 1.807) is 17.0 Å². The maximum absolute atomic E-state index is 14.0. The third-order valence-corrected chi connectivity index (χ3v) is 5.60. The molecule has 1 aliphatic heterocycles. The molecule has 0 saturated carbocycles. The maximum Gasteiger partial charge on any atom is 0.410 e. The van der Waals surface area contributed by atoms with Gasteiger partial charge < -0.3 is 9.64 Å². The number of hydrogen-bond acceptors (Lipinski definition) is 5. The van der Waals surface area contributed by atoms with Crippen molar-refractivity contribution in [2.75, 3.05) is 13.1 Å². The molecular formula is C21H25FN4O2S. The Kier molecular flexibility index (Phi) is 6.48. The average molecular weight is 417 g/mol. The SMILES string of the molecule is CC(C)(C)OC(=O)N1CCC(n2ccc(SCc3ccc(C#N)cc3F)n2)CC1. The number of amides is 1. The summed E-state index contributed by atoms with van der Waals surface area (Å²) in [5.41, 5.74) is 0.378. The van der Waals surface area contributed by atoms with Crippen molar-refractivity contribution >= 4 is 17.9 Å². The highest BCUT2D eigenvalue weighted by Crippen LogP contribution is 2.27. The Labute approximate surface area is 174 Å². The van der Waals surface area contributed by atoms with Crippen molar-refractivity contribution in [3.8, 4) is 6.07 Å².